The maximum absolute atomic E-state index is 3.66. The average Bonchev–Trinajstić information content (AvgIpc) is 2.47. The lowest BCUT2D eigenvalue weighted by Gasteiger charge is -2.21. The first-order valence-electron chi connectivity index (χ1n) is 7.20. The Morgan fingerprint density at radius 2 is 1.60 bits per heavy atom. The van der Waals surface area contributed by atoms with Gasteiger partial charge in [0.25, 0.3) is 0 Å². The van der Waals surface area contributed by atoms with Crippen molar-refractivity contribution in [1.82, 2.24) is 5.32 Å². The summed E-state index contributed by atoms with van der Waals surface area (Å²) in [5, 5.41) is 3.66. The van der Waals surface area contributed by atoms with Gasteiger partial charge in [0.2, 0.25) is 0 Å². The van der Waals surface area contributed by atoms with Crippen molar-refractivity contribution in [2.75, 3.05) is 0 Å². The molecule has 2 unspecified atom stereocenters. The Kier molecular flexibility index (Phi) is 5.38. The van der Waals surface area contributed by atoms with Crippen LogP contribution in [0.3, 0.4) is 0 Å². The van der Waals surface area contributed by atoms with Gasteiger partial charge < -0.3 is 5.32 Å². The third-order valence-corrected chi connectivity index (χ3v) is 4.23. The van der Waals surface area contributed by atoms with E-state index in [1.165, 1.54) is 16.7 Å². The molecule has 20 heavy (non-hydrogen) atoms. The van der Waals surface area contributed by atoms with Gasteiger partial charge in [0.1, 0.15) is 0 Å². The smallest absolute Gasteiger partial charge is 0.0297 e. The van der Waals surface area contributed by atoms with Crippen LogP contribution < -0.4 is 5.32 Å². The van der Waals surface area contributed by atoms with Crippen LogP contribution in [-0.2, 0) is 6.42 Å². The second-order valence-electron chi connectivity index (χ2n) is 5.26. The summed E-state index contributed by atoms with van der Waals surface area (Å²) in [6.07, 6.45) is 1.09. The van der Waals surface area contributed by atoms with Crippen molar-refractivity contribution in [1.29, 1.82) is 0 Å². The molecule has 0 aromatic heterocycles. The Morgan fingerprint density at radius 1 is 0.950 bits per heavy atom. The molecule has 0 aliphatic carbocycles. The van der Waals surface area contributed by atoms with Crippen LogP contribution in [0.2, 0.25) is 0 Å². The Balaban J connectivity index is 2.04. The van der Waals surface area contributed by atoms with Crippen molar-refractivity contribution in [2.24, 2.45) is 0 Å². The lowest BCUT2D eigenvalue weighted by molar-refractivity contribution is 0.494. The molecular weight excluding hydrogens is 310 g/mol. The summed E-state index contributed by atoms with van der Waals surface area (Å²) in [4.78, 5) is 0. The second-order valence-corrected chi connectivity index (χ2v) is 6.18. The molecule has 2 atom stereocenters. The van der Waals surface area contributed by atoms with Gasteiger partial charge in [-0.25, -0.2) is 0 Å². The highest BCUT2D eigenvalue weighted by atomic mass is 79.9. The van der Waals surface area contributed by atoms with Crippen molar-refractivity contribution in [3.8, 4) is 0 Å². The summed E-state index contributed by atoms with van der Waals surface area (Å²) in [5.41, 5.74) is 4.03. The van der Waals surface area contributed by atoms with Crippen molar-refractivity contribution >= 4 is 15.9 Å². The Morgan fingerprint density at radius 3 is 2.20 bits per heavy atom. The lowest BCUT2D eigenvalue weighted by atomic mass is 10.0. The van der Waals surface area contributed by atoms with Gasteiger partial charge in [0, 0.05) is 16.6 Å². The van der Waals surface area contributed by atoms with Crippen LogP contribution in [0.25, 0.3) is 0 Å². The minimum Gasteiger partial charge on any atom is -0.304 e. The van der Waals surface area contributed by atoms with Crippen LogP contribution in [0.5, 0.6) is 0 Å². The van der Waals surface area contributed by atoms with E-state index in [4.69, 9.17) is 0 Å². The molecule has 1 N–H and O–H groups in total. The molecule has 2 heteroatoms. The summed E-state index contributed by atoms with van der Waals surface area (Å²) < 4.78 is 1.13. The number of aryl methyl sites for hydroxylation is 1. The van der Waals surface area contributed by atoms with Gasteiger partial charge in [-0.15, -0.1) is 0 Å². The van der Waals surface area contributed by atoms with Gasteiger partial charge in [-0.05, 0) is 49.1 Å². The molecule has 0 fully saturated rings. The zero-order chi connectivity index (χ0) is 14.5. The van der Waals surface area contributed by atoms with E-state index in [1.807, 2.05) is 0 Å². The predicted molar refractivity (Wildman–Crippen MR) is 89.9 cm³/mol. The standard InChI is InChI=1S/C18H22BrN/c1-4-15-8-10-16(11-9-15)13(2)20-14(3)17-6-5-7-18(19)12-17/h5-14,20H,4H2,1-3H3. The molecule has 106 valence electrons. The van der Waals surface area contributed by atoms with Crippen LogP contribution >= 0.6 is 15.9 Å². The van der Waals surface area contributed by atoms with Crippen molar-refractivity contribution in [3.63, 3.8) is 0 Å². The van der Waals surface area contributed by atoms with Crippen LogP contribution in [0.1, 0.15) is 49.5 Å². The van der Waals surface area contributed by atoms with Crippen LogP contribution in [-0.4, -0.2) is 0 Å². The number of nitrogens with one attached hydrogen (secondary N) is 1. The summed E-state index contributed by atoms with van der Waals surface area (Å²) in [6, 6.07) is 18.0. The fraction of sp³-hybridized carbons (Fsp3) is 0.333. The van der Waals surface area contributed by atoms with E-state index >= 15 is 0 Å². The molecule has 0 saturated carbocycles. The summed E-state index contributed by atoms with van der Waals surface area (Å²) in [7, 11) is 0. The van der Waals surface area contributed by atoms with Gasteiger partial charge in [0.15, 0.2) is 0 Å². The maximum atomic E-state index is 3.66. The van der Waals surface area contributed by atoms with Gasteiger partial charge in [-0.3, -0.25) is 0 Å². The third-order valence-electron chi connectivity index (χ3n) is 3.74. The van der Waals surface area contributed by atoms with Crippen LogP contribution in [0, 0.1) is 0 Å². The van der Waals surface area contributed by atoms with E-state index in [9.17, 15) is 0 Å². The van der Waals surface area contributed by atoms with E-state index in [0.29, 0.717) is 12.1 Å². The number of hydrogen-bond acceptors (Lipinski definition) is 1. The third kappa shape index (κ3) is 3.94. The number of benzene rings is 2. The van der Waals surface area contributed by atoms with E-state index < -0.39 is 0 Å². The molecule has 0 bridgehead atoms. The van der Waals surface area contributed by atoms with E-state index in [-0.39, 0.29) is 0 Å². The van der Waals surface area contributed by atoms with Gasteiger partial charge in [0.05, 0.1) is 0 Å². The first kappa shape index (κ1) is 15.3. The predicted octanol–water partition coefficient (Wildman–Crippen LogP) is 5.42. The Bertz CT molecular complexity index is 548. The lowest BCUT2D eigenvalue weighted by Crippen LogP contribution is -2.22. The SMILES string of the molecule is CCc1ccc(C(C)NC(C)c2cccc(Br)c2)cc1. The Labute approximate surface area is 130 Å². The quantitative estimate of drug-likeness (QED) is 0.770. The highest BCUT2D eigenvalue weighted by Gasteiger charge is 2.11. The maximum Gasteiger partial charge on any atom is 0.0297 e. The van der Waals surface area contributed by atoms with Crippen LogP contribution in [0.4, 0.5) is 0 Å². The molecule has 1 nitrogen and oxygen atoms in total. The van der Waals surface area contributed by atoms with E-state index in [0.717, 1.165) is 10.9 Å². The molecule has 0 saturated heterocycles. The van der Waals surface area contributed by atoms with Gasteiger partial charge in [-0.2, -0.15) is 0 Å². The molecule has 0 radical (unpaired) electrons. The summed E-state index contributed by atoms with van der Waals surface area (Å²) in [5.74, 6) is 0. The second kappa shape index (κ2) is 7.05. The molecule has 0 aliphatic heterocycles. The van der Waals surface area contributed by atoms with E-state index in [1.54, 1.807) is 0 Å². The van der Waals surface area contributed by atoms with E-state index in [2.05, 4.69) is 90.5 Å². The van der Waals surface area contributed by atoms with Crippen molar-refractivity contribution < 1.29 is 0 Å². The largest absolute Gasteiger partial charge is 0.304 e. The number of rotatable bonds is 5. The molecular formula is C18H22BrN. The number of halogens is 1. The fourth-order valence-electron chi connectivity index (χ4n) is 2.39. The molecule has 0 spiro atoms. The molecule has 2 aromatic carbocycles. The van der Waals surface area contributed by atoms with Crippen LogP contribution in [0.15, 0.2) is 53.0 Å². The topological polar surface area (TPSA) is 12.0 Å². The first-order valence-corrected chi connectivity index (χ1v) is 7.99. The van der Waals surface area contributed by atoms with Crippen molar-refractivity contribution in [3.05, 3.63) is 69.7 Å². The minimum absolute atomic E-state index is 0.327. The first-order chi connectivity index (χ1) is 9.60. The zero-order valence-corrected chi connectivity index (χ0v) is 13.9. The molecule has 0 amide bonds. The highest BCUT2D eigenvalue weighted by Crippen LogP contribution is 2.22. The highest BCUT2D eigenvalue weighted by molar-refractivity contribution is 9.10. The Hall–Kier alpha value is -1.12. The molecule has 2 rings (SSSR count). The monoisotopic (exact) mass is 331 g/mol. The van der Waals surface area contributed by atoms with Crippen molar-refractivity contribution in [2.45, 2.75) is 39.3 Å². The molecule has 0 heterocycles. The average molecular weight is 332 g/mol. The van der Waals surface area contributed by atoms with Gasteiger partial charge >= 0.3 is 0 Å². The summed E-state index contributed by atoms with van der Waals surface area (Å²) >= 11 is 3.53. The normalized spacial score (nSPS) is 14.0. The molecule has 2 aromatic rings. The van der Waals surface area contributed by atoms with Gasteiger partial charge in [-0.1, -0.05) is 59.3 Å². The fourth-order valence-corrected chi connectivity index (χ4v) is 2.80. The number of hydrogen-bond donors (Lipinski definition) is 1. The zero-order valence-electron chi connectivity index (χ0n) is 12.4. The molecule has 0 aliphatic rings. The minimum atomic E-state index is 0.327. The summed E-state index contributed by atoms with van der Waals surface area (Å²) in [6.45, 7) is 6.61.